The van der Waals surface area contributed by atoms with Crippen LogP contribution < -0.4 is 10.2 Å². The van der Waals surface area contributed by atoms with Crippen molar-refractivity contribution in [2.24, 2.45) is 0 Å². The maximum absolute atomic E-state index is 13.2. The Hall–Kier alpha value is -3.47. The summed E-state index contributed by atoms with van der Waals surface area (Å²) < 4.78 is 13.2. The molecule has 1 N–H and O–H groups in total. The first-order valence-corrected chi connectivity index (χ1v) is 10.1. The van der Waals surface area contributed by atoms with E-state index in [1.807, 2.05) is 60.7 Å². The molecule has 1 aliphatic rings. The molecular formula is C25H23FN2O2. The first-order chi connectivity index (χ1) is 14.6. The third-order valence-corrected chi connectivity index (χ3v) is 5.42. The molecule has 3 aromatic carbocycles. The SMILES string of the molecule is O=C(CC(c1ccccc1)c1ccccc1)N[C@H]1CC(=O)N(c2ccc(F)cc2)C1. The quantitative estimate of drug-likeness (QED) is 0.669. The lowest BCUT2D eigenvalue weighted by Crippen LogP contribution is -2.37. The first kappa shape index (κ1) is 19.8. The summed E-state index contributed by atoms with van der Waals surface area (Å²) in [6.07, 6.45) is 0.541. The van der Waals surface area contributed by atoms with Crippen LogP contribution in [0.4, 0.5) is 10.1 Å². The smallest absolute Gasteiger partial charge is 0.229 e. The summed E-state index contributed by atoms with van der Waals surface area (Å²) in [6.45, 7) is 0.386. The van der Waals surface area contributed by atoms with Crippen molar-refractivity contribution in [2.45, 2.75) is 24.8 Å². The third kappa shape index (κ3) is 4.57. The van der Waals surface area contributed by atoms with E-state index in [0.29, 0.717) is 18.7 Å². The predicted octanol–water partition coefficient (Wildman–Crippen LogP) is 4.27. The van der Waals surface area contributed by atoms with Gasteiger partial charge in [-0.25, -0.2) is 4.39 Å². The fraction of sp³-hybridized carbons (Fsp3) is 0.200. The minimum absolute atomic E-state index is 0.0577. The Morgan fingerprint density at radius 1 is 0.933 bits per heavy atom. The molecule has 30 heavy (non-hydrogen) atoms. The molecule has 0 aliphatic carbocycles. The number of anilines is 1. The number of hydrogen-bond acceptors (Lipinski definition) is 2. The number of hydrogen-bond donors (Lipinski definition) is 1. The predicted molar refractivity (Wildman–Crippen MR) is 115 cm³/mol. The van der Waals surface area contributed by atoms with Gasteiger partial charge in [-0.05, 0) is 35.4 Å². The van der Waals surface area contributed by atoms with Crippen molar-refractivity contribution in [1.82, 2.24) is 5.32 Å². The van der Waals surface area contributed by atoms with E-state index in [4.69, 9.17) is 0 Å². The van der Waals surface area contributed by atoms with Crippen molar-refractivity contribution in [2.75, 3.05) is 11.4 Å². The van der Waals surface area contributed by atoms with Crippen LogP contribution in [-0.2, 0) is 9.59 Å². The zero-order valence-electron chi connectivity index (χ0n) is 16.5. The summed E-state index contributed by atoms with van der Waals surface area (Å²) in [6, 6.07) is 25.5. The Balaban J connectivity index is 1.44. The average molecular weight is 402 g/mol. The van der Waals surface area contributed by atoms with E-state index in [-0.39, 0.29) is 36.0 Å². The zero-order valence-corrected chi connectivity index (χ0v) is 16.5. The molecule has 1 aliphatic heterocycles. The van der Waals surface area contributed by atoms with Crippen molar-refractivity contribution in [3.8, 4) is 0 Å². The highest BCUT2D eigenvalue weighted by molar-refractivity contribution is 5.96. The molecule has 3 aromatic rings. The van der Waals surface area contributed by atoms with E-state index in [1.54, 1.807) is 17.0 Å². The number of rotatable bonds is 6. The highest BCUT2D eigenvalue weighted by atomic mass is 19.1. The van der Waals surface area contributed by atoms with Crippen LogP contribution in [0.5, 0.6) is 0 Å². The molecule has 152 valence electrons. The van der Waals surface area contributed by atoms with Crippen molar-refractivity contribution in [1.29, 1.82) is 0 Å². The molecule has 1 fully saturated rings. The number of benzene rings is 3. The van der Waals surface area contributed by atoms with Crippen LogP contribution in [0.3, 0.4) is 0 Å². The number of halogens is 1. The molecule has 4 rings (SSSR count). The highest BCUT2D eigenvalue weighted by Crippen LogP contribution is 2.28. The monoisotopic (exact) mass is 402 g/mol. The summed E-state index contributed by atoms with van der Waals surface area (Å²) in [7, 11) is 0. The average Bonchev–Trinajstić information content (AvgIpc) is 3.13. The van der Waals surface area contributed by atoms with Gasteiger partial charge >= 0.3 is 0 Å². The van der Waals surface area contributed by atoms with Crippen LogP contribution in [0.2, 0.25) is 0 Å². The van der Waals surface area contributed by atoms with Gasteiger partial charge in [-0.1, -0.05) is 60.7 Å². The first-order valence-electron chi connectivity index (χ1n) is 10.1. The van der Waals surface area contributed by atoms with Gasteiger partial charge < -0.3 is 10.2 Å². The van der Waals surface area contributed by atoms with Gasteiger partial charge in [0.25, 0.3) is 0 Å². The summed E-state index contributed by atoms with van der Waals surface area (Å²) in [5.74, 6) is -0.568. The molecule has 2 amide bonds. The second-order valence-corrected chi connectivity index (χ2v) is 7.53. The maximum atomic E-state index is 13.2. The van der Waals surface area contributed by atoms with Crippen LogP contribution in [0.15, 0.2) is 84.9 Å². The van der Waals surface area contributed by atoms with E-state index in [9.17, 15) is 14.0 Å². The van der Waals surface area contributed by atoms with Crippen molar-refractivity contribution >= 4 is 17.5 Å². The Kier molecular flexibility index (Phi) is 5.89. The van der Waals surface area contributed by atoms with E-state index in [2.05, 4.69) is 5.32 Å². The summed E-state index contributed by atoms with van der Waals surface area (Å²) in [5, 5.41) is 3.01. The Labute approximate surface area is 175 Å². The molecule has 4 nitrogen and oxygen atoms in total. The molecule has 5 heteroatoms. The van der Waals surface area contributed by atoms with Crippen LogP contribution in [0.25, 0.3) is 0 Å². The van der Waals surface area contributed by atoms with Crippen LogP contribution in [0.1, 0.15) is 29.9 Å². The van der Waals surface area contributed by atoms with Gasteiger partial charge in [-0.15, -0.1) is 0 Å². The van der Waals surface area contributed by atoms with Gasteiger partial charge in [0, 0.05) is 31.0 Å². The minimum Gasteiger partial charge on any atom is -0.351 e. The number of amides is 2. The van der Waals surface area contributed by atoms with Gasteiger partial charge in [0.05, 0.1) is 6.04 Å². The number of carbonyl (C=O) groups is 2. The second kappa shape index (κ2) is 8.91. The van der Waals surface area contributed by atoms with Gasteiger partial charge in [0.1, 0.15) is 5.82 Å². The number of nitrogens with one attached hydrogen (secondary N) is 1. The number of carbonyl (C=O) groups excluding carboxylic acids is 2. The molecule has 0 radical (unpaired) electrons. The Morgan fingerprint density at radius 2 is 1.50 bits per heavy atom. The lowest BCUT2D eigenvalue weighted by molar-refractivity contribution is -0.122. The Bertz CT molecular complexity index is 967. The third-order valence-electron chi connectivity index (χ3n) is 5.42. The van der Waals surface area contributed by atoms with Crippen molar-refractivity contribution in [3.05, 3.63) is 102 Å². The normalized spacial score (nSPS) is 16.1. The maximum Gasteiger partial charge on any atom is 0.229 e. The topological polar surface area (TPSA) is 49.4 Å². The van der Waals surface area contributed by atoms with E-state index in [1.165, 1.54) is 12.1 Å². The molecule has 0 spiro atoms. The van der Waals surface area contributed by atoms with Crippen molar-refractivity contribution < 1.29 is 14.0 Å². The molecule has 1 heterocycles. The van der Waals surface area contributed by atoms with Gasteiger partial charge in [0.2, 0.25) is 11.8 Å². The minimum atomic E-state index is -0.344. The fourth-order valence-electron chi connectivity index (χ4n) is 3.95. The van der Waals surface area contributed by atoms with Gasteiger partial charge in [-0.2, -0.15) is 0 Å². The van der Waals surface area contributed by atoms with Crippen molar-refractivity contribution in [3.63, 3.8) is 0 Å². The van der Waals surface area contributed by atoms with E-state index in [0.717, 1.165) is 11.1 Å². The van der Waals surface area contributed by atoms with Crippen LogP contribution in [-0.4, -0.2) is 24.4 Å². The summed E-state index contributed by atoms with van der Waals surface area (Å²) in [4.78, 5) is 26.9. The van der Waals surface area contributed by atoms with E-state index >= 15 is 0 Å². The second-order valence-electron chi connectivity index (χ2n) is 7.53. The molecule has 1 saturated heterocycles. The molecule has 0 aromatic heterocycles. The van der Waals surface area contributed by atoms with Crippen LogP contribution >= 0.6 is 0 Å². The van der Waals surface area contributed by atoms with E-state index < -0.39 is 0 Å². The largest absolute Gasteiger partial charge is 0.351 e. The summed E-state index contributed by atoms with van der Waals surface area (Å²) >= 11 is 0. The number of nitrogens with zero attached hydrogens (tertiary/aromatic N) is 1. The summed E-state index contributed by atoms with van der Waals surface area (Å²) in [5.41, 5.74) is 2.80. The molecule has 0 saturated carbocycles. The zero-order chi connectivity index (χ0) is 20.9. The molecule has 0 bridgehead atoms. The molecule has 0 unspecified atom stereocenters. The Morgan fingerprint density at radius 3 is 2.07 bits per heavy atom. The van der Waals surface area contributed by atoms with Gasteiger partial charge in [0.15, 0.2) is 0 Å². The van der Waals surface area contributed by atoms with Gasteiger partial charge in [-0.3, -0.25) is 9.59 Å². The molecular weight excluding hydrogens is 379 g/mol. The lowest BCUT2D eigenvalue weighted by Gasteiger charge is -2.20. The lowest BCUT2D eigenvalue weighted by atomic mass is 9.88. The molecule has 1 atom stereocenters. The fourth-order valence-corrected chi connectivity index (χ4v) is 3.95. The standard InChI is InChI=1S/C25H23FN2O2/c26-20-11-13-22(14-12-20)28-17-21(15-25(28)30)27-24(29)16-23(18-7-3-1-4-8-18)19-9-5-2-6-10-19/h1-14,21,23H,15-17H2,(H,27,29)/t21-/m0/s1. The van der Waals surface area contributed by atoms with Crippen LogP contribution in [0, 0.1) is 5.82 Å². The highest BCUT2D eigenvalue weighted by Gasteiger charge is 2.32.